The zero-order chi connectivity index (χ0) is 16.4. The number of carbonyl (C=O) groups is 1. The maximum absolute atomic E-state index is 12.7. The molecule has 5 heteroatoms. The van der Waals surface area contributed by atoms with Crippen molar-refractivity contribution in [3.8, 4) is 5.82 Å². The molecule has 2 aromatic heterocycles. The van der Waals surface area contributed by atoms with E-state index < -0.39 is 0 Å². The van der Waals surface area contributed by atoms with Gasteiger partial charge in [0.25, 0.3) is 5.91 Å². The first-order chi connectivity index (χ1) is 11.0. The van der Waals surface area contributed by atoms with Gasteiger partial charge in [0, 0.05) is 31.7 Å². The van der Waals surface area contributed by atoms with Crippen LogP contribution in [-0.4, -0.2) is 38.4 Å². The molecule has 23 heavy (non-hydrogen) atoms. The van der Waals surface area contributed by atoms with E-state index in [0.717, 1.165) is 18.7 Å². The Hall–Kier alpha value is -2.17. The fourth-order valence-electron chi connectivity index (χ4n) is 3.20. The smallest absolute Gasteiger partial charge is 0.255 e. The molecule has 1 aliphatic carbocycles. The number of rotatable bonds is 3. The Kier molecular flexibility index (Phi) is 4.20. The van der Waals surface area contributed by atoms with Crippen molar-refractivity contribution in [2.45, 2.75) is 45.6 Å². The molecule has 2 aromatic rings. The van der Waals surface area contributed by atoms with Crippen molar-refractivity contribution in [2.75, 3.05) is 7.05 Å². The topological polar surface area (TPSA) is 51.0 Å². The minimum absolute atomic E-state index is 0.0550. The second-order valence-corrected chi connectivity index (χ2v) is 7.19. The number of hydrogen-bond acceptors (Lipinski definition) is 3. The van der Waals surface area contributed by atoms with Crippen LogP contribution in [0, 0.1) is 5.41 Å². The first-order valence-electron chi connectivity index (χ1n) is 8.18. The number of aromatic nitrogens is 3. The molecule has 1 aliphatic rings. The van der Waals surface area contributed by atoms with Crippen LogP contribution < -0.4 is 0 Å². The summed E-state index contributed by atoms with van der Waals surface area (Å²) in [6.07, 6.45) is 11.4. The van der Waals surface area contributed by atoms with Gasteiger partial charge in [-0.3, -0.25) is 9.36 Å². The highest BCUT2D eigenvalue weighted by molar-refractivity contribution is 5.94. The Morgan fingerprint density at radius 3 is 2.61 bits per heavy atom. The number of carbonyl (C=O) groups excluding carboxylic acids is 1. The van der Waals surface area contributed by atoms with Crippen molar-refractivity contribution < 1.29 is 4.79 Å². The van der Waals surface area contributed by atoms with Gasteiger partial charge in [0.2, 0.25) is 0 Å². The molecular weight excluding hydrogens is 288 g/mol. The van der Waals surface area contributed by atoms with Crippen molar-refractivity contribution in [1.82, 2.24) is 19.4 Å². The first-order valence-corrected chi connectivity index (χ1v) is 8.18. The monoisotopic (exact) mass is 312 g/mol. The molecule has 0 saturated heterocycles. The van der Waals surface area contributed by atoms with Gasteiger partial charge in [0.1, 0.15) is 12.1 Å². The van der Waals surface area contributed by atoms with Crippen LogP contribution in [0.4, 0.5) is 0 Å². The van der Waals surface area contributed by atoms with Crippen molar-refractivity contribution in [2.24, 2.45) is 5.41 Å². The number of amides is 1. The van der Waals surface area contributed by atoms with Crippen molar-refractivity contribution >= 4 is 5.91 Å². The maximum atomic E-state index is 12.7. The third-order valence-electron chi connectivity index (χ3n) is 4.94. The molecule has 0 radical (unpaired) electrons. The zero-order valence-corrected chi connectivity index (χ0v) is 14.1. The third kappa shape index (κ3) is 3.44. The van der Waals surface area contributed by atoms with E-state index in [1.807, 2.05) is 34.8 Å². The summed E-state index contributed by atoms with van der Waals surface area (Å²) in [5.74, 6) is 0.820. The van der Waals surface area contributed by atoms with Gasteiger partial charge in [-0.25, -0.2) is 9.97 Å². The second-order valence-electron chi connectivity index (χ2n) is 7.19. The molecule has 1 fully saturated rings. The lowest BCUT2D eigenvalue weighted by atomic mass is 9.75. The minimum atomic E-state index is 0.0550. The number of hydrogen-bond donors (Lipinski definition) is 0. The molecule has 3 rings (SSSR count). The molecule has 0 bridgehead atoms. The van der Waals surface area contributed by atoms with Gasteiger partial charge in [-0.15, -0.1) is 0 Å². The largest absolute Gasteiger partial charge is 0.339 e. The molecule has 0 unspecified atom stereocenters. The SMILES string of the molecule is CN(C(=O)c1ccc(-n2ccnc2)nc1)C1CCC(C)(C)CC1. The predicted octanol–water partition coefficient (Wildman–Crippen LogP) is 3.31. The van der Waals surface area contributed by atoms with Gasteiger partial charge < -0.3 is 4.90 Å². The summed E-state index contributed by atoms with van der Waals surface area (Å²) in [4.78, 5) is 22.9. The summed E-state index contributed by atoms with van der Waals surface area (Å²) in [6, 6.07) is 4.03. The summed E-state index contributed by atoms with van der Waals surface area (Å²) in [7, 11) is 1.91. The van der Waals surface area contributed by atoms with Crippen LogP contribution >= 0.6 is 0 Å². The molecule has 0 aliphatic heterocycles. The average molecular weight is 312 g/mol. The summed E-state index contributed by atoms with van der Waals surface area (Å²) in [5.41, 5.74) is 1.05. The van der Waals surface area contributed by atoms with Crippen molar-refractivity contribution in [3.05, 3.63) is 42.6 Å². The van der Waals surface area contributed by atoms with Crippen LogP contribution in [0.5, 0.6) is 0 Å². The van der Waals surface area contributed by atoms with Crippen LogP contribution in [0.25, 0.3) is 5.82 Å². The van der Waals surface area contributed by atoms with E-state index in [2.05, 4.69) is 23.8 Å². The molecule has 0 N–H and O–H groups in total. The van der Waals surface area contributed by atoms with E-state index in [4.69, 9.17) is 0 Å². The molecule has 122 valence electrons. The number of pyridine rings is 1. The highest BCUT2D eigenvalue weighted by Gasteiger charge is 2.30. The Labute approximate surface area is 137 Å². The van der Waals surface area contributed by atoms with Crippen LogP contribution in [-0.2, 0) is 0 Å². The maximum Gasteiger partial charge on any atom is 0.255 e. The molecule has 0 spiro atoms. The van der Waals surface area contributed by atoms with Crippen LogP contribution in [0.3, 0.4) is 0 Å². The predicted molar refractivity (Wildman–Crippen MR) is 89.5 cm³/mol. The van der Waals surface area contributed by atoms with E-state index >= 15 is 0 Å². The summed E-state index contributed by atoms with van der Waals surface area (Å²) in [6.45, 7) is 4.62. The van der Waals surface area contributed by atoms with Gasteiger partial charge in [0.05, 0.1) is 5.56 Å². The van der Waals surface area contributed by atoms with Gasteiger partial charge in [-0.05, 0) is 43.2 Å². The lowest BCUT2D eigenvalue weighted by Gasteiger charge is -2.38. The molecule has 0 aromatic carbocycles. The Balaban J connectivity index is 1.68. The second kappa shape index (κ2) is 6.14. The molecule has 2 heterocycles. The van der Waals surface area contributed by atoms with Gasteiger partial charge in [-0.2, -0.15) is 0 Å². The van der Waals surface area contributed by atoms with E-state index in [0.29, 0.717) is 17.0 Å². The molecule has 1 saturated carbocycles. The van der Waals surface area contributed by atoms with E-state index in [-0.39, 0.29) is 5.91 Å². The Morgan fingerprint density at radius 1 is 1.30 bits per heavy atom. The zero-order valence-electron chi connectivity index (χ0n) is 14.1. The summed E-state index contributed by atoms with van der Waals surface area (Å²) >= 11 is 0. The summed E-state index contributed by atoms with van der Waals surface area (Å²) in [5, 5.41) is 0. The minimum Gasteiger partial charge on any atom is -0.339 e. The van der Waals surface area contributed by atoms with Gasteiger partial charge in [-0.1, -0.05) is 13.8 Å². The highest BCUT2D eigenvalue weighted by atomic mass is 16.2. The fraction of sp³-hybridized carbons (Fsp3) is 0.500. The molecular formula is C18H24N4O. The normalized spacial score (nSPS) is 17.9. The highest BCUT2D eigenvalue weighted by Crippen LogP contribution is 2.36. The number of nitrogens with zero attached hydrogens (tertiary/aromatic N) is 4. The van der Waals surface area contributed by atoms with E-state index in [1.165, 1.54) is 12.8 Å². The van der Waals surface area contributed by atoms with Crippen LogP contribution in [0.2, 0.25) is 0 Å². The van der Waals surface area contributed by atoms with Gasteiger partial charge in [0.15, 0.2) is 0 Å². The number of imidazole rings is 1. The third-order valence-corrected chi connectivity index (χ3v) is 4.94. The van der Waals surface area contributed by atoms with Crippen molar-refractivity contribution in [3.63, 3.8) is 0 Å². The lowest BCUT2D eigenvalue weighted by molar-refractivity contribution is 0.0635. The Morgan fingerprint density at radius 2 is 2.04 bits per heavy atom. The first kappa shape index (κ1) is 15.7. The van der Waals surface area contributed by atoms with E-state index in [1.54, 1.807) is 18.7 Å². The lowest BCUT2D eigenvalue weighted by Crippen LogP contribution is -2.40. The van der Waals surface area contributed by atoms with E-state index in [9.17, 15) is 4.79 Å². The average Bonchev–Trinajstić information content (AvgIpc) is 3.08. The molecule has 5 nitrogen and oxygen atoms in total. The fourth-order valence-corrected chi connectivity index (χ4v) is 3.20. The quantitative estimate of drug-likeness (QED) is 0.873. The molecule has 1 amide bonds. The van der Waals surface area contributed by atoms with Crippen molar-refractivity contribution in [1.29, 1.82) is 0 Å². The Bertz CT molecular complexity index is 651. The van der Waals surface area contributed by atoms with Crippen LogP contribution in [0.15, 0.2) is 37.1 Å². The standard InChI is InChI=1S/C18H24N4O/c1-18(2)8-6-15(7-9-18)21(3)17(23)14-4-5-16(20-12-14)22-11-10-19-13-22/h4-5,10-13,15H,6-9H2,1-3H3. The van der Waals surface area contributed by atoms with Gasteiger partial charge >= 0.3 is 0 Å². The molecule has 0 atom stereocenters. The van der Waals surface area contributed by atoms with Crippen LogP contribution in [0.1, 0.15) is 49.9 Å². The summed E-state index contributed by atoms with van der Waals surface area (Å²) < 4.78 is 1.82.